The first-order chi connectivity index (χ1) is 18.9. The predicted molar refractivity (Wildman–Crippen MR) is 146 cm³/mol. The van der Waals surface area contributed by atoms with Crippen LogP contribution in [0.25, 0.3) is 0 Å². The summed E-state index contributed by atoms with van der Waals surface area (Å²) in [7, 11) is 0. The summed E-state index contributed by atoms with van der Waals surface area (Å²) in [6.45, 7) is 0.768. The summed E-state index contributed by atoms with van der Waals surface area (Å²) in [4.78, 5) is 55.0. The molecular formula is C29H32BrN3O6. The molecule has 1 saturated heterocycles. The zero-order chi connectivity index (χ0) is 27.4. The fourth-order valence-corrected chi connectivity index (χ4v) is 5.80. The molecule has 2 atom stereocenters. The molecule has 1 aliphatic carbocycles. The maximum absolute atomic E-state index is 13.5. The Kier molecular flexibility index (Phi) is 8.50. The van der Waals surface area contributed by atoms with Gasteiger partial charge in [-0.15, -0.1) is 0 Å². The van der Waals surface area contributed by atoms with E-state index in [-0.39, 0.29) is 49.4 Å². The number of hydrogen-bond donors (Lipinski definition) is 1. The largest absolute Gasteiger partial charge is 0.454 e. The first-order valence-electron chi connectivity index (χ1n) is 13.5. The van der Waals surface area contributed by atoms with Crippen molar-refractivity contribution in [3.05, 3.63) is 58.1 Å². The number of Topliss-reactive ketones (excluding diaryl/α,β-unsaturated/α-hetero) is 1. The number of nitrogens with zero attached hydrogens (tertiary/aromatic N) is 2. The molecule has 2 fully saturated rings. The molecule has 39 heavy (non-hydrogen) atoms. The molecule has 2 aliphatic heterocycles. The standard InChI is InChI=1S/C29H32BrN3O6/c30-21-11-9-20(10-12-21)24(34)17-33-23-6-2-1-5-22(23)28(36)32(29(33)37)14-4-3-7-27(35)31-16-19-8-13-25-26(15-19)39-18-38-25/h8-13,15,22-23H,1-7,14,16-18H2,(H,31,35). The maximum atomic E-state index is 13.5. The van der Waals surface area contributed by atoms with E-state index in [2.05, 4.69) is 21.2 Å². The van der Waals surface area contributed by atoms with Gasteiger partial charge in [0, 0.05) is 35.6 Å². The van der Waals surface area contributed by atoms with E-state index in [1.807, 2.05) is 18.2 Å². The highest BCUT2D eigenvalue weighted by Crippen LogP contribution is 2.35. The first-order valence-corrected chi connectivity index (χ1v) is 14.3. The summed E-state index contributed by atoms with van der Waals surface area (Å²) < 4.78 is 11.5. The van der Waals surface area contributed by atoms with Crippen LogP contribution in [-0.4, -0.2) is 59.4 Å². The monoisotopic (exact) mass is 597 g/mol. The van der Waals surface area contributed by atoms with Crippen molar-refractivity contribution in [3.8, 4) is 11.5 Å². The van der Waals surface area contributed by atoms with E-state index >= 15 is 0 Å². The van der Waals surface area contributed by atoms with Gasteiger partial charge in [-0.1, -0.05) is 47.0 Å². The number of ketones is 1. The van der Waals surface area contributed by atoms with Crippen LogP contribution in [0.15, 0.2) is 46.9 Å². The summed E-state index contributed by atoms with van der Waals surface area (Å²) in [5.74, 6) is 0.697. The van der Waals surface area contributed by atoms with Gasteiger partial charge in [-0.05, 0) is 55.5 Å². The Morgan fingerprint density at radius 3 is 2.56 bits per heavy atom. The summed E-state index contributed by atoms with van der Waals surface area (Å²) in [6, 6.07) is 12.0. The average molecular weight is 598 g/mol. The van der Waals surface area contributed by atoms with Crippen LogP contribution in [0.2, 0.25) is 0 Å². The van der Waals surface area contributed by atoms with Crippen molar-refractivity contribution in [3.63, 3.8) is 0 Å². The Morgan fingerprint density at radius 1 is 0.974 bits per heavy atom. The fourth-order valence-electron chi connectivity index (χ4n) is 5.53. The lowest BCUT2D eigenvalue weighted by atomic mass is 9.81. The van der Waals surface area contributed by atoms with Gasteiger partial charge in [0.2, 0.25) is 18.6 Å². The van der Waals surface area contributed by atoms with Gasteiger partial charge in [-0.25, -0.2) is 4.79 Å². The number of nitrogens with one attached hydrogen (secondary N) is 1. The predicted octanol–water partition coefficient (Wildman–Crippen LogP) is 4.67. The lowest BCUT2D eigenvalue weighted by molar-refractivity contribution is -0.140. The fraction of sp³-hybridized carbons (Fsp3) is 0.448. The number of hydrogen-bond acceptors (Lipinski definition) is 6. The molecule has 5 rings (SSSR count). The van der Waals surface area contributed by atoms with E-state index in [1.54, 1.807) is 29.2 Å². The van der Waals surface area contributed by atoms with Crippen molar-refractivity contribution in [2.45, 2.75) is 57.5 Å². The Bertz CT molecular complexity index is 1250. The molecule has 1 saturated carbocycles. The number of rotatable bonds is 10. The van der Waals surface area contributed by atoms with Crippen LogP contribution >= 0.6 is 15.9 Å². The third-order valence-corrected chi connectivity index (χ3v) is 8.16. The van der Waals surface area contributed by atoms with Crippen molar-refractivity contribution in [1.29, 1.82) is 0 Å². The quantitative estimate of drug-likeness (QED) is 0.315. The number of halogens is 1. The van der Waals surface area contributed by atoms with E-state index in [0.717, 1.165) is 35.7 Å². The molecule has 0 aromatic heterocycles. The zero-order valence-corrected chi connectivity index (χ0v) is 23.3. The second-order valence-corrected chi connectivity index (χ2v) is 11.1. The minimum Gasteiger partial charge on any atom is -0.454 e. The highest BCUT2D eigenvalue weighted by Gasteiger charge is 2.47. The van der Waals surface area contributed by atoms with Crippen LogP contribution in [-0.2, 0) is 16.1 Å². The molecule has 9 nitrogen and oxygen atoms in total. The number of benzene rings is 2. The lowest BCUT2D eigenvalue weighted by Crippen LogP contribution is -2.63. The second-order valence-electron chi connectivity index (χ2n) is 10.2. The molecule has 3 aliphatic rings. The number of fused-ring (bicyclic) bond motifs is 2. The third-order valence-electron chi connectivity index (χ3n) is 7.63. The number of unbranched alkanes of at least 4 members (excludes halogenated alkanes) is 1. The van der Waals surface area contributed by atoms with Crippen LogP contribution < -0.4 is 14.8 Å². The molecule has 2 aromatic rings. The van der Waals surface area contributed by atoms with Crippen LogP contribution in [0.3, 0.4) is 0 Å². The van der Waals surface area contributed by atoms with Crippen LogP contribution in [0.1, 0.15) is 60.9 Å². The zero-order valence-electron chi connectivity index (χ0n) is 21.7. The Hall–Kier alpha value is -3.40. The molecule has 2 aromatic carbocycles. The van der Waals surface area contributed by atoms with Gasteiger partial charge in [0.25, 0.3) is 0 Å². The van der Waals surface area contributed by atoms with Crippen LogP contribution in [0, 0.1) is 5.92 Å². The van der Waals surface area contributed by atoms with Crippen molar-refractivity contribution >= 4 is 39.6 Å². The van der Waals surface area contributed by atoms with Gasteiger partial charge >= 0.3 is 6.03 Å². The molecule has 2 unspecified atom stereocenters. The minimum absolute atomic E-state index is 0.0479. The van der Waals surface area contributed by atoms with E-state index in [1.165, 1.54) is 4.90 Å². The van der Waals surface area contributed by atoms with Gasteiger partial charge in [0.05, 0.1) is 12.5 Å². The van der Waals surface area contributed by atoms with Gasteiger partial charge < -0.3 is 19.7 Å². The van der Waals surface area contributed by atoms with Crippen molar-refractivity contribution in [2.24, 2.45) is 5.92 Å². The third kappa shape index (κ3) is 6.27. The summed E-state index contributed by atoms with van der Waals surface area (Å²) in [5, 5.41) is 2.90. The number of imide groups is 1. The van der Waals surface area contributed by atoms with E-state index in [4.69, 9.17) is 9.47 Å². The number of carbonyl (C=O) groups excluding carboxylic acids is 4. The summed E-state index contributed by atoms with van der Waals surface area (Å²) in [6.07, 6.45) is 4.67. The van der Waals surface area contributed by atoms with Crippen molar-refractivity contribution < 1.29 is 28.7 Å². The highest BCUT2D eigenvalue weighted by atomic mass is 79.9. The Morgan fingerprint density at radius 2 is 1.74 bits per heavy atom. The Labute approximate surface area is 235 Å². The van der Waals surface area contributed by atoms with Crippen LogP contribution in [0.4, 0.5) is 4.79 Å². The molecule has 10 heteroatoms. The molecular weight excluding hydrogens is 566 g/mol. The minimum atomic E-state index is -0.402. The number of amides is 4. The molecule has 0 spiro atoms. The molecule has 4 amide bonds. The van der Waals surface area contributed by atoms with Crippen molar-refractivity contribution in [2.75, 3.05) is 19.9 Å². The normalized spacial score (nSPS) is 20.1. The molecule has 0 radical (unpaired) electrons. The van der Waals surface area contributed by atoms with Crippen LogP contribution in [0.5, 0.6) is 11.5 Å². The molecule has 2 heterocycles. The Balaban J connectivity index is 1.13. The van der Waals surface area contributed by atoms with E-state index in [0.29, 0.717) is 42.9 Å². The molecule has 206 valence electrons. The number of ether oxygens (including phenoxy) is 2. The topological polar surface area (TPSA) is 105 Å². The molecule has 1 N–H and O–H groups in total. The second kappa shape index (κ2) is 12.2. The maximum Gasteiger partial charge on any atom is 0.327 e. The lowest BCUT2D eigenvalue weighted by Gasteiger charge is -2.46. The van der Waals surface area contributed by atoms with Gasteiger partial charge in [0.15, 0.2) is 17.3 Å². The van der Waals surface area contributed by atoms with Gasteiger partial charge in [-0.3, -0.25) is 19.3 Å². The van der Waals surface area contributed by atoms with E-state index in [9.17, 15) is 19.2 Å². The number of carbonyl (C=O) groups is 4. The molecule has 0 bridgehead atoms. The average Bonchev–Trinajstić information content (AvgIpc) is 3.42. The SMILES string of the molecule is O=C(CCCCN1C(=O)C2CCCCC2N(CC(=O)c2ccc(Br)cc2)C1=O)NCc1ccc2c(c1)OCO2. The van der Waals surface area contributed by atoms with Crippen molar-refractivity contribution in [1.82, 2.24) is 15.1 Å². The first kappa shape index (κ1) is 27.2. The number of urea groups is 1. The summed E-state index contributed by atoms with van der Waals surface area (Å²) >= 11 is 3.38. The van der Waals surface area contributed by atoms with Gasteiger partial charge in [-0.2, -0.15) is 0 Å². The van der Waals surface area contributed by atoms with Gasteiger partial charge in [0.1, 0.15) is 0 Å². The van der Waals surface area contributed by atoms with E-state index < -0.39 is 6.03 Å². The highest BCUT2D eigenvalue weighted by molar-refractivity contribution is 9.10. The summed E-state index contributed by atoms with van der Waals surface area (Å²) in [5.41, 5.74) is 1.45. The smallest absolute Gasteiger partial charge is 0.327 e.